The van der Waals surface area contributed by atoms with Crippen molar-refractivity contribution in [2.75, 3.05) is 31.9 Å². The molecule has 0 saturated heterocycles. The minimum atomic E-state index is -4.67. The van der Waals surface area contributed by atoms with Gasteiger partial charge in [0.25, 0.3) is 0 Å². The molecule has 0 heterocycles. The van der Waals surface area contributed by atoms with E-state index in [0.29, 0.717) is 6.42 Å². The lowest BCUT2D eigenvalue weighted by Crippen LogP contribution is -2.48. The van der Waals surface area contributed by atoms with Crippen molar-refractivity contribution in [1.29, 1.82) is 0 Å². The second-order valence-electron chi connectivity index (χ2n) is 4.08. The minimum Gasteiger partial charge on any atom is -0.748 e. The largest absolute Gasteiger partial charge is 0.748 e. The second-order valence-corrected chi connectivity index (χ2v) is 6.50. The second kappa shape index (κ2) is 8.82. The van der Waals surface area contributed by atoms with Crippen LogP contribution in [0.3, 0.4) is 0 Å². The van der Waals surface area contributed by atoms with E-state index in [1.54, 1.807) is 0 Å². The molecule has 0 rings (SSSR count). The molecule has 0 radical (unpaired) electrons. The van der Waals surface area contributed by atoms with Gasteiger partial charge in [-0.05, 0) is 20.8 Å². The van der Waals surface area contributed by atoms with E-state index < -0.39 is 20.5 Å². The Hall–Kier alpha value is -0.260. The van der Waals surface area contributed by atoms with Gasteiger partial charge in [0.2, 0.25) is 0 Å². The normalized spacial score (nSPS) is 12.7. The van der Waals surface area contributed by atoms with Crippen LogP contribution in [-0.2, 0) is 20.5 Å². The van der Waals surface area contributed by atoms with Crippen LogP contribution < -0.4 is 0 Å². The van der Waals surface area contributed by atoms with Crippen LogP contribution in [0.4, 0.5) is 0 Å². The van der Waals surface area contributed by atoms with Crippen LogP contribution in [0.25, 0.3) is 0 Å². The predicted octanol–water partition coefficient (Wildman–Crippen LogP) is 0.145. The smallest absolute Gasteiger partial charge is 0.394 e. The van der Waals surface area contributed by atoms with Gasteiger partial charge in [-0.2, -0.15) is 8.42 Å². The first kappa shape index (κ1) is 21.0. The monoisotopic (exact) mass is 321 g/mol. The number of quaternary nitrogens is 1. The molecular formula is C9H23NO7S2. The molecule has 0 amide bonds. The van der Waals surface area contributed by atoms with Gasteiger partial charge in [-0.3, -0.25) is 9.11 Å². The van der Waals surface area contributed by atoms with Gasteiger partial charge in [0.05, 0.1) is 36.3 Å². The lowest BCUT2D eigenvalue weighted by atomic mass is 10.3. The number of rotatable bonds is 7. The molecule has 0 aliphatic carbocycles. The highest BCUT2D eigenvalue weighted by Gasteiger charge is 2.19. The molecule has 0 atom stereocenters. The summed E-state index contributed by atoms with van der Waals surface area (Å²) in [4.78, 5) is 0. The average molecular weight is 321 g/mol. The van der Waals surface area contributed by atoms with Crippen LogP contribution in [-0.4, -0.2) is 66.9 Å². The van der Waals surface area contributed by atoms with Crippen molar-refractivity contribution in [2.24, 2.45) is 0 Å². The molecule has 0 bridgehead atoms. The first-order valence-corrected chi connectivity index (χ1v) is 8.85. The Morgan fingerprint density at radius 3 is 1.47 bits per heavy atom. The minimum absolute atomic E-state index is 0.229. The Kier molecular flexibility index (Phi) is 9.77. The number of nitrogens with zero attached hydrogens (tertiary/aromatic N) is 1. The number of hydrogen-bond donors (Lipinski definition) is 2. The molecule has 0 saturated carbocycles. The first-order valence-electron chi connectivity index (χ1n) is 5.87. The van der Waals surface area contributed by atoms with Gasteiger partial charge < -0.3 is 9.04 Å². The third kappa shape index (κ3) is 15.7. The molecule has 0 aliphatic heterocycles. The van der Waals surface area contributed by atoms with E-state index in [1.165, 1.54) is 0 Å². The summed E-state index contributed by atoms with van der Waals surface area (Å²) in [6.45, 7) is 10.0. The zero-order chi connectivity index (χ0) is 15.7. The Labute approximate surface area is 115 Å². The average Bonchev–Trinajstić information content (AvgIpc) is 2.21. The summed E-state index contributed by atoms with van der Waals surface area (Å²) in [6, 6.07) is 0. The van der Waals surface area contributed by atoms with Crippen LogP contribution in [0.5, 0.6) is 0 Å². The molecule has 0 spiro atoms. The van der Waals surface area contributed by atoms with Crippen LogP contribution in [0.2, 0.25) is 0 Å². The Balaban J connectivity index is 0. The molecule has 2 N–H and O–H groups in total. The van der Waals surface area contributed by atoms with Gasteiger partial charge in [0.1, 0.15) is 0 Å². The van der Waals surface area contributed by atoms with Crippen molar-refractivity contribution in [2.45, 2.75) is 27.2 Å². The van der Waals surface area contributed by atoms with Crippen molar-refractivity contribution in [3.05, 3.63) is 0 Å². The molecule has 8 nitrogen and oxygen atoms in total. The maximum atomic E-state index is 10.4. The third-order valence-electron chi connectivity index (χ3n) is 3.04. The SMILES string of the molecule is CC[N+](CC)(CC)CCCS(=O)(=O)[O-].O=S(=O)(O)O. The van der Waals surface area contributed by atoms with E-state index >= 15 is 0 Å². The van der Waals surface area contributed by atoms with Crippen LogP contribution in [0.15, 0.2) is 0 Å². The molecule has 0 aliphatic rings. The molecule has 0 unspecified atom stereocenters. The topological polar surface area (TPSA) is 132 Å². The summed E-state index contributed by atoms with van der Waals surface area (Å²) in [5, 5.41) is 0. The van der Waals surface area contributed by atoms with Gasteiger partial charge >= 0.3 is 10.4 Å². The highest BCUT2D eigenvalue weighted by atomic mass is 32.3. The van der Waals surface area contributed by atoms with Crippen LogP contribution in [0, 0.1) is 0 Å². The van der Waals surface area contributed by atoms with Gasteiger partial charge in [-0.15, -0.1) is 0 Å². The Morgan fingerprint density at radius 1 is 0.947 bits per heavy atom. The summed E-state index contributed by atoms with van der Waals surface area (Å²) in [7, 11) is -8.70. The fourth-order valence-electron chi connectivity index (χ4n) is 1.72. The zero-order valence-corrected chi connectivity index (χ0v) is 13.1. The molecule has 0 aromatic heterocycles. The highest BCUT2D eigenvalue weighted by Crippen LogP contribution is 2.07. The van der Waals surface area contributed by atoms with Crippen molar-refractivity contribution >= 4 is 20.5 Å². The molecule has 0 aromatic carbocycles. The zero-order valence-electron chi connectivity index (χ0n) is 11.4. The maximum absolute atomic E-state index is 10.4. The lowest BCUT2D eigenvalue weighted by molar-refractivity contribution is -0.923. The Bertz CT molecular complexity index is 409. The molecular weight excluding hydrogens is 298 g/mol. The lowest BCUT2D eigenvalue weighted by Gasteiger charge is -2.35. The first-order chi connectivity index (χ1) is 8.39. The molecule has 19 heavy (non-hydrogen) atoms. The maximum Gasteiger partial charge on any atom is 0.394 e. The fourth-order valence-corrected chi connectivity index (χ4v) is 2.20. The van der Waals surface area contributed by atoms with Gasteiger partial charge in [0, 0.05) is 12.2 Å². The van der Waals surface area contributed by atoms with E-state index in [2.05, 4.69) is 20.8 Å². The third-order valence-corrected chi connectivity index (χ3v) is 3.83. The summed E-state index contributed by atoms with van der Waals surface area (Å²) in [6.07, 6.45) is 0.474. The molecule has 118 valence electrons. The van der Waals surface area contributed by atoms with E-state index in [1.807, 2.05) is 0 Å². The Morgan fingerprint density at radius 2 is 1.26 bits per heavy atom. The van der Waals surface area contributed by atoms with Crippen LogP contribution >= 0.6 is 0 Å². The summed E-state index contributed by atoms with van der Waals surface area (Å²) < 4.78 is 63.7. The van der Waals surface area contributed by atoms with E-state index in [0.717, 1.165) is 30.7 Å². The summed E-state index contributed by atoms with van der Waals surface area (Å²) in [5.74, 6) is -0.229. The van der Waals surface area contributed by atoms with Gasteiger partial charge in [-0.1, -0.05) is 0 Å². The van der Waals surface area contributed by atoms with Crippen molar-refractivity contribution in [3.8, 4) is 0 Å². The van der Waals surface area contributed by atoms with Gasteiger partial charge in [-0.25, -0.2) is 8.42 Å². The van der Waals surface area contributed by atoms with Crippen molar-refractivity contribution < 1.29 is 35.0 Å². The molecule has 10 heteroatoms. The summed E-state index contributed by atoms with van der Waals surface area (Å²) in [5.41, 5.74) is 0. The van der Waals surface area contributed by atoms with Crippen molar-refractivity contribution in [3.63, 3.8) is 0 Å². The summed E-state index contributed by atoms with van der Waals surface area (Å²) >= 11 is 0. The predicted molar refractivity (Wildman–Crippen MR) is 70.1 cm³/mol. The number of hydrogen-bond acceptors (Lipinski definition) is 5. The fraction of sp³-hybridized carbons (Fsp3) is 1.00. The molecule has 0 fully saturated rings. The molecule has 0 aromatic rings. The highest BCUT2D eigenvalue weighted by molar-refractivity contribution is 7.85. The van der Waals surface area contributed by atoms with E-state index in [4.69, 9.17) is 17.5 Å². The van der Waals surface area contributed by atoms with Crippen LogP contribution in [0.1, 0.15) is 27.2 Å². The van der Waals surface area contributed by atoms with E-state index in [-0.39, 0.29) is 5.75 Å². The van der Waals surface area contributed by atoms with Gasteiger partial charge in [0.15, 0.2) is 0 Å². The standard InChI is InChI=1S/C9H21NO3S.H2O4S/c1-4-10(5-2,6-3)8-7-9-14(11,12)13;1-5(2,3)4/h4-9H2,1-3H3;(H2,1,2,3,4). The van der Waals surface area contributed by atoms with Crippen molar-refractivity contribution in [1.82, 2.24) is 0 Å². The van der Waals surface area contributed by atoms with E-state index in [9.17, 15) is 13.0 Å². The quantitative estimate of drug-likeness (QED) is 0.503.